The Morgan fingerprint density at radius 3 is 2.66 bits per heavy atom. The van der Waals surface area contributed by atoms with Gasteiger partial charge in [0, 0.05) is 28.6 Å². The van der Waals surface area contributed by atoms with Crippen LogP contribution in [0, 0.1) is 0 Å². The topological polar surface area (TPSA) is 29.9 Å². The molecule has 2 heterocycles. The number of nitrogens with one attached hydrogen (secondary N) is 1. The van der Waals surface area contributed by atoms with Crippen molar-refractivity contribution in [3.63, 3.8) is 0 Å². The standard InChI is InChI=1S/C21H18Cl2F3N3/c22-15-8-7-13(18(23)12-15)10-19-17-6-1-2-9-27-20(17)29(28-19)16-5-3-4-14(11-16)21(24,25)26/h3-5,7-8,11-12,27H,1-2,6,9-10H2. The van der Waals surface area contributed by atoms with Crippen molar-refractivity contribution in [2.24, 2.45) is 0 Å². The molecule has 0 atom stereocenters. The summed E-state index contributed by atoms with van der Waals surface area (Å²) in [5.41, 5.74) is 2.37. The maximum Gasteiger partial charge on any atom is 0.416 e. The van der Waals surface area contributed by atoms with Crippen molar-refractivity contribution in [3.05, 3.63) is 74.9 Å². The summed E-state index contributed by atoms with van der Waals surface area (Å²) < 4.78 is 41.1. The van der Waals surface area contributed by atoms with E-state index >= 15 is 0 Å². The summed E-state index contributed by atoms with van der Waals surface area (Å²) in [5.74, 6) is 0.752. The Balaban J connectivity index is 1.80. The predicted octanol–water partition coefficient (Wildman–Crippen LogP) is 6.54. The third-order valence-electron chi connectivity index (χ3n) is 5.00. The number of hydrogen-bond acceptors (Lipinski definition) is 2. The van der Waals surface area contributed by atoms with E-state index in [1.54, 1.807) is 22.9 Å². The Labute approximate surface area is 176 Å². The lowest BCUT2D eigenvalue weighted by molar-refractivity contribution is -0.137. The number of benzene rings is 2. The Kier molecular flexibility index (Phi) is 5.49. The molecule has 0 radical (unpaired) electrons. The Bertz CT molecular complexity index is 1040. The van der Waals surface area contributed by atoms with E-state index in [4.69, 9.17) is 23.2 Å². The van der Waals surface area contributed by atoms with Crippen molar-refractivity contribution >= 4 is 29.0 Å². The average molecular weight is 440 g/mol. The fraction of sp³-hybridized carbons (Fsp3) is 0.286. The van der Waals surface area contributed by atoms with Gasteiger partial charge in [-0.15, -0.1) is 0 Å². The normalized spacial score (nSPS) is 14.2. The van der Waals surface area contributed by atoms with Crippen molar-refractivity contribution in [3.8, 4) is 5.69 Å². The number of nitrogens with zero attached hydrogens (tertiary/aromatic N) is 2. The van der Waals surface area contributed by atoms with Crippen LogP contribution in [0.1, 0.15) is 35.2 Å². The number of aromatic nitrogens is 2. The fourth-order valence-corrected chi connectivity index (χ4v) is 4.04. The Morgan fingerprint density at radius 1 is 1.07 bits per heavy atom. The van der Waals surface area contributed by atoms with Crippen molar-refractivity contribution in [2.45, 2.75) is 31.9 Å². The van der Waals surface area contributed by atoms with Crippen LogP contribution in [0.5, 0.6) is 0 Å². The molecule has 1 aromatic heterocycles. The van der Waals surface area contributed by atoms with Gasteiger partial charge in [-0.05, 0) is 55.2 Å². The van der Waals surface area contributed by atoms with Gasteiger partial charge in [-0.3, -0.25) is 0 Å². The molecule has 29 heavy (non-hydrogen) atoms. The lowest BCUT2D eigenvalue weighted by Gasteiger charge is -2.12. The monoisotopic (exact) mass is 439 g/mol. The van der Waals surface area contributed by atoms with Gasteiger partial charge >= 0.3 is 6.18 Å². The first-order valence-electron chi connectivity index (χ1n) is 9.29. The summed E-state index contributed by atoms with van der Waals surface area (Å²) in [4.78, 5) is 0. The minimum absolute atomic E-state index is 0.374. The Morgan fingerprint density at radius 2 is 1.90 bits per heavy atom. The number of hydrogen-bond donors (Lipinski definition) is 1. The third kappa shape index (κ3) is 4.23. The first-order valence-corrected chi connectivity index (χ1v) is 10.0. The number of halogens is 5. The van der Waals surface area contributed by atoms with Gasteiger partial charge in [0.25, 0.3) is 0 Å². The van der Waals surface area contributed by atoms with Gasteiger partial charge < -0.3 is 5.32 Å². The maximum atomic E-state index is 13.2. The molecular formula is C21H18Cl2F3N3. The molecule has 4 rings (SSSR count). The van der Waals surface area contributed by atoms with E-state index in [9.17, 15) is 13.2 Å². The number of alkyl halides is 3. The molecule has 1 aliphatic rings. The number of rotatable bonds is 3. The quantitative estimate of drug-likeness (QED) is 0.502. The molecule has 0 fully saturated rings. The summed E-state index contributed by atoms with van der Waals surface area (Å²) >= 11 is 12.3. The van der Waals surface area contributed by atoms with Gasteiger partial charge in [-0.2, -0.15) is 18.3 Å². The molecule has 0 spiro atoms. The molecular weight excluding hydrogens is 422 g/mol. The maximum absolute atomic E-state index is 13.2. The second-order valence-electron chi connectivity index (χ2n) is 7.03. The van der Waals surface area contributed by atoms with E-state index in [0.717, 1.165) is 60.6 Å². The number of anilines is 1. The largest absolute Gasteiger partial charge is 0.416 e. The zero-order valence-corrected chi connectivity index (χ0v) is 16.9. The molecule has 1 N–H and O–H groups in total. The smallest absolute Gasteiger partial charge is 0.370 e. The molecule has 3 nitrogen and oxygen atoms in total. The van der Waals surface area contributed by atoms with Crippen molar-refractivity contribution < 1.29 is 13.2 Å². The zero-order valence-electron chi connectivity index (χ0n) is 15.4. The highest BCUT2D eigenvalue weighted by molar-refractivity contribution is 6.35. The van der Waals surface area contributed by atoms with Gasteiger partial charge in [-0.25, -0.2) is 4.68 Å². The molecule has 0 amide bonds. The van der Waals surface area contributed by atoms with Gasteiger partial charge in [0.05, 0.1) is 16.9 Å². The first-order chi connectivity index (χ1) is 13.8. The lowest BCUT2D eigenvalue weighted by atomic mass is 10.0. The van der Waals surface area contributed by atoms with Crippen LogP contribution in [0.15, 0.2) is 42.5 Å². The van der Waals surface area contributed by atoms with Gasteiger partial charge in [-0.1, -0.05) is 35.3 Å². The summed E-state index contributed by atoms with van der Waals surface area (Å²) in [6.45, 7) is 0.749. The van der Waals surface area contributed by atoms with Crippen LogP contribution in [0.4, 0.5) is 19.0 Å². The van der Waals surface area contributed by atoms with E-state index < -0.39 is 11.7 Å². The van der Waals surface area contributed by atoms with Crippen LogP contribution < -0.4 is 5.32 Å². The van der Waals surface area contributed by atoms with Crippen LogP contribution >= 0.6 is 23.2 Å². The zero-order chi connectivity index (χ0) is 20.6. The summed E-state index contributed by atoms with van der Waals surface area (Å²) in [7, 11) is 0. The molecule has 0 unspecified atom stereocenters. The fourth-order valence-electron chi connectivity index (χ4n) is 3.56. The molecule has 8 heteroatoms. The van der Waals surface area contributed by atoms with Crippen molar-refractivity contribution in [2.75, 3.05) is 11.9 Å². The van der Waals surface area contributed by atoms with Crippen LogP contribution in [0.25, 0.3) is 5.69 Å². The van der Waals surface area contributed by atoms with Crippen LogP contribution in [0.3, 0.4) is 0 Å². The van der Waals surface area contributed by atoms with Crippen LogP contribution in [0.2, 0.25) is 10.0 Å². The van der Waals surface area contributed by atoms with Crippen LogP contribution in [-0.4, -0.2) is 16.3 Å². The second kappa shape index (κ2) is 7.92. The molecule has 0 saturated heterocycles. The summed E-state index contributed by atoms with van der Waals surface area (Å²) in [6.07, 6.45) is -1.16. The lowest BCUT2D eigenvalue weighted by Crippen LogP contribution is -2.09. The minimum Gasteiger partial charge on any atom is -0.370 e. The first kappa shape index (κ1) is 20.1. The van der Waals surface area contributed by atoms with Gasteiger partial charge in [0.2, 0.25) is 0 Å². The molecule has 2 aromatic carbocycles. The van der Waals surface area contributed by atoms with E-state index in [-0.39, 0.29) is 0 Å². The van der Waals surface area contributed by atoms with Gasteiger partial charge in [0.1, 0.15) is 5.82 Å². The van der Waals surface area contributed by atoms with E-state index in [0.29, 0.717) is 22.2 Å². The SMILES string of the molecule is FC(F)(F)c1cccc(-n2nc(Cc3ccc(Cl)cc3Cl)c3c2NCCCC3)c1. The third-order valence-corrected chi connectivity index (χ3v) is 5.59. The molecule has 3 aromatic rings. The Hall–Kier alpha value is -2.18. The van der Waals surface area contributed by atoms with Crippen molar-refractivity contribution in [1.29, 1.82) is 0 Å². The highest BCUT2D eigenvalue weighted by Gasteiger charge is 2.31. The summed E-state index contributed by atoms with van der Waals surface area (Å²) in [5, 5.41) is 9.12. The average Bonchev–Trinajstić information content (AvgIpc) is 2.84. The van der Waals surface area contributed by atoms with Crippen LogP contribution in [-0.2, 0) is 19.0 Å². The molecule has 0 saturated carbocycles. The minimum atomic E-state index is -4.41. The highest BCUT2D eigenvalue weighted by atomic mass is 35.5. The second-order valence-corrected chi connectivity index (χ2v) is 7.87. The molecule has 152 valence electrons. The van der Waals surface area contributed by atoms with E-state index in [1.807, 2.05) is 6.07 Å². The predicted molar refractivity (Wildman–Crippen MR) is 109 cm³/mol. The van der Waals surface area contributed by atoms with Gasteiger partial charge in [0.15, 0.2) is 0 Å². The molecule has 0 aliphatic carbocycles. The van der Waals surface area contributed by atoms with E-state index in [1.165, 1.54) is 6.07 Å². The summed E-state index contributed by atoms with van der Waals surface area (Å²) in [6, 6.07) is 10.5. The number of fused-ring (bicyclic) bond motifs is 1. The molecule has 1 aliphatic heterocycles. The van der Waals surface area contributed by atoms with E-state index in [2.05, 4.69) is 10.4 Å². The molecule has 0 bridgehead atoms. The highest BCUT2D eigenvalue weighted by Crippen LogP contribution is 2.34. The van der Waals surface area contributed by atoms with Crippen molar-refractivity contribution in [1.82, 2.24) is 9.78 Å².